The van der Waals surface area contributed by atoms with Crippen molar-refractivity contribution < 1.29 is 18.3 Å². The zero-order chi connectivity index (χ0) is 16.7. The Hall–Kier alpha value is -2.19. The van der Waals surface area contributed by atoms with Gasteiger partial charge in [0.25, 0.3) is 5.56 Å². The molecule has 2 rings (SSSR count). The largest absolute Gasteiger partial charge is 0.476 e. The zero-order valence-electron chi connectivity index (χ0n) is 11.6. The standard InChI is InChI=1S/C13H11ClN2O5S/c1-16-12(17)9(10(14)11(15-16)13(18)19)7-3-5-8(6-4-7)22(2,20)21/h3-6H,1-2H3,(H,18,19). The predicted molar refractivity (Wildman–Crippen MR) is 80.0 cm³/mol. The number of hydrogen-bond acceptors (Lipinski definition) is 5. The molecule has 116 valence electrons. The van der Waals surface area contributed by atoms with Gasteiger partial charge in [0.2, 0.25) is 0 Å². The first kappa shape index (κ1) is 16.2. The molecule has 1 aromatic heterocycles. The summed E-state index contributed by atoms with van der Waals surface area (Å²) in [5.74, 6) is -1.37. The van der Waals surface area contributed by atoms with E-state index in [1.807, 2.05) is 0 Å². The molecule has 22 heavy (non-hydrogen) atoms. The van der Waals surface area contributed by atoms with Crippen LogP contribution in [0.15, 0.2) is 34.0 Å². The van der Waals surface area contributed by atoms with Gasteiger partial charge < -0.3 is 5.11 Å². The Morgan fingerprint density at radius 3 is 2.27 bits per heavy atom. The Bertz CT molecular complexity index is 917. The lowest BCUT2D eigenvalue weighted by molar-refractivity contribution is 0.0688. The van der Waals surface area contributed by atoms with Crippen LogP contribution >= 0.6 is 11.6 Å². The van der Waals surface area contributed by atoms with E-state index in [9.17, 15) is 18.0 Å². The number of hydrogen-bond donors (Lipinski definition) is 1. The molecule has 0 saturated heterocycles. The number of rotatable bonds is 3. The number of carboxylic acid groups (broad SMARTS) is 1. The van der Waals surface area contributed by atoms with E-state index in [0.29, 0.717) is 5.56 Å². The van der Waals surface area contributed by atoms with Crippen LogP contribution in [0.3, 0.4) is 0 Å². The topological polar surface area (TPSA) is 106 Å². The molecule has 9 heteroatoms. The Kier molecular flexibility index (Phi) is 4.08. The van der Waals surface area contributed by atoms with Crippen LogP contribution in [0, 0.1) is 0 Å². The molecular weight excluding hydrogens is 332 g/mol. The van der Waals surface area contributed by atoms with Crippen LogP contribution in [0.2, 0.25) is 5.02 Å². The molecule has 1 N–H and O–H groups in total. The summed E-state index contributed by atoms with van der Waals surface area (Å²) in [6.07, 6.45) is 1.06. The third-order valence-corrected chi connectivity index (χ3v) is 4.46. The molecule has 0 aliphatic heterocycles. The first-order valence-corrected chi connectivity index (χ1v) is 8.20. The van der Waals surface area contributed by atoms with E-state index in [4.69, 9.17) is 16.7 Å². The lowest BCUT2D eigenvalue weighted by atomic mass is 10.1. The number of halogens is 1. The van der Waals surface area contributed by atoms with Gasteiger partial charge in [0.15, 0.2) is 15.5 Å². The molecule has 7 nitrogen and oxygen atoms in total. The van der Waals surface area contributed by atoms with Crippen molar-refractivity contribution in [3.8, 4) is 11.1 Å². The second-order valence-electron chi connectivity index (χ2n) is 4.57. The van der Waals surface area contributed by atoms with Gasteiger partial charge >= 0.3 is 5.97 Å². The summed E-state index contributed by atoms with van der Waals surface area (Å²) < 4.78 is 23.7. The lowest BCUT2D eigenvalue weighted by Crippen LogP contribution is -2.25. The Labute approximate surface area is 130 Å². The van der Waals surface area contributed by atoms with Gasteiger partial charge in [0.1, 0.15) is 0 Å². The minimum absolute atomic E-state index is 0.0448. The Morgan fingerprint density at radius 1 is 1.27 bits per heavy atom. The molecule has 0 aliphatic rings. The molecule has 0 radical (unpaired) electrons. The molecule has 0 saturated carbocycles. The maximum Gasteiger partial charge on any atom is 0.357 e. The van der Waals surface area contributed by atoms with E-state index in [1.54, 1.807) is 0 Å². The quantitative estimate of drug-likeness (QED) is 0.898. The van der Waals surface area contributed by atoms with Crippen LogP contribution in [0.4, 0.5) is 0 Å². The highest BCUT2D eigenvalue weighted by Crippen LogP contribution is 2.27. The van der Waals surface area contributed by atoms with Gasteiger partial charge in [-0.15, -0.1) is 0 Å². The van der Waals surface area contributed by atoms with Crippen LogP contribution in [0.5, 0.6) is 0 Å². The number of nitrogens with zero attached hydrogens (tertiary/aromatic N) is 2. The van der Waals surface area contributed by atoms with Crippen molar-refractivity contribution in [3.05, 3.63) is 45.3 Å². The van der Waals surface area contributed by atoms with Crippen molar-refractivity contribution in [2.45, 2.75) is 4.90 Å². The number of aromatic carboxylic acids is 1. The smallest absolute Gasteiger partial charge is 0.357 e. The highest BCUT2D eigenvalue weighted by Gasteiger charge is 2.21. The summed E-state index contributed by atoms with van der Waals surface area (Å²) in [5, 5.41) is 12.4. The van der Waals surface area contributed by atoms with Gasteiger partial charge in [-0.25, -0.2) is 17.9 Å². The molecule has 2 aromatic rings. The van der Waals surface area contributed by atoms with Crippen molar-refractivity contribution in [1.29, 1.82) is 0 Å². The monoisotopic (exact) mass is 342 g/mol. The third kappa shape index (κ3) is 2.88. The van der Waals surface area contributed by atoms with Gasteiger partial charge in [-0.2, -0.15) is 5.10 Å². The summed E-state index contributed by atoms with van der Waals surface area (Å²) in [5.41, 5.74) is -0.771. The summed E-state index contributed by atoms with van der Waals surface area (Å²) in [4.78, 5) is 23.3. The molecule has 1 heterocycles. The summed E-state index contributed by atoms with van der Waals surface area (Å²) >= 11 is 5.97. The predicted octanol–water partition coefficient (Wildman–Crippen LogP) is 1.20. The van der Waals surface area contributed by atoms with Crippen LogP contribution in [0.1, 0.15) is 10.5 Å². The number of sulfone groups is 1. The average Bonchev–Trinajstić information content (AvgIpc) is 2.42. The van der Waals surface area contributed by atoms with Crippen molar-refractivity contribution in [1.82, 2.24) is 9.78 Å². The normalized spacial score (nSPS) is 11.4. The maximum absolute atomic E-state index is 12.2. The minimum Gasteiger partial charge on any atom is -0.476 e. The molecule has 0 amide bonds. The van der Waals surface area contributed by atoms with E-state index >= 15 is 0 Å². The van der Waals surface area contributed by atoms with Gasteiger partial charge in [-0.05, 0) is 17.7 Å². The second kappa shape index (κ2) is 5.54. The molecule has 1 aromatic carbocycles. The first-order chi connectivity index (χ1) is 10.1. The number of aryl methyl sites for hydroxylation is 1. The molecule has 0 bridgehead atoms. The van der Waals surface area contributed by atoms with Crippen LogP contribution < -0.4 is 5.56 Å². The van der Waals surface area contributed by atoms with E-state index in [1.165, 1.54) is 31.3 Å². The Balaban J connectivity index is 2.72. The van der Waals surface area contributed by atoms with Gasteiger partial charge in [-0.1, -0.05) is 23.7 Å². The van der Waals surface area contributed by atoms with Gasteiger partial charge in [0.05, 0.1) is 15.5 Å². The summed E-state index contributed by atoms with van der Waals surface area (Å²) in [7, 11) is -2.07. The number of benzene rings is 1. The number of carboxylic acids is 1. The van der Waals surface area contributed by atoms with Crippen molar-refractivity contribution in [2.75, 3.05) is 6.26 Å². The molecule has 0 spiro atoms. The number of aromatic nitrogens is 2. The fourth-order valence-corrected chi connectivity index (χ4v) is 2.81. The first-order valence-electron chi connectivity index (χ1n) is 5.93. The highest BCUT2D eigenvalue weighted by molar-refractivity contribution is 7.90. The van der Waals surface area contributed by atoms with E-state index in [2.05, 4.69) is 5.10 Å². The van der Waals surface area contributed by atoms with Gasteiger partial charge in [-0.3, -0.25) is 4.79 Å². The highest BCUT2D eigenvalue weighted by atomic mass is 35.5. The van der Waals surface area contributed by atoms with Crippen LogP contribution in [0.25, 0.3) is 11.1 Å². The van der Waals surface area contributed by atoms with Crippen molar-refractivity contribution in [2.24, 2.45) is 7.05 Å². The summed E-state index contributed by atoms with van der Waals surface area (Å²) in [6, 6.07) is 5.43. The van der Waals surface area contributed by atoms with E-state index in [0.717, 1.165) is 10.9 Å². The lowest BCUT2D eigenvalue weighted by Gasteiger charge is -2.09. The molecular formula is C13H11ClN2O5S. The summed E-state index contributed by atoms with van der Waals surface area (Å²) in [6.45, 7) is 0. The van der Waals surface area contributed by atoms with Crippen molar-refractivity contribution >= 4 is 27.4 Å². The molecule has 0 fully saturated rings. The molecule has 0 unspecified atom stereocenters. The third-order valence-electron chi connectivity index (χ3n) is 2.96. The fourth-order valence-electron chi connectivity index (χ4n) is 1.87. The van der Waals surface area contributed by atoms with Gasteiger partial charge in [0, 0.05) is 13.3 Å². The van der Waals surface area contributed by atoms with E-state index in [-0.39, 0.29) is 15.5 Å². The Morgan fingerprint density at radius 2 is 1.82 bits per heavy atom. The van der Waals surface area contributed by atoms with Crippen LogP contribution in [-0.2, 0) is 16.9 Å². The maximum atomic E-state index is 12.2. The average molecular weight is 343 g/mol. The fraction of sp³-hybridized carbons (Fsp3) is 0.154. The zero-order valence-corrected chi connectivity index (χ0v) is 13.1. The van der Waals surface area contributed by atoms with Crippen LogP contribution in [-0.4, -0.2) is 35.5 Å². The van der Waals surface area contributed by atoms with E-state index < -0.39 is 27.1 Å². The SMILES string of the molecule is Cn1nc(C(=O)O)c(Cl)c(-c2ccc(S(C)(=O)=O)cc2)c1=O. The molecule has 0 aliphatic carbocycles. The molecule has 0 atom stereocenters. The minimum atomic E-state index is -3.37. The second-order valence-corrected chi connectivity index (χ2v) is 6.96. The number of carbonyl (C=O) groups is 1. The van der Waals surface area contributed by atoms with Crippen molar-refractivity contribution in [3.63, 3.8) is 0 Å².